The number of hydrogen-bond donors (Lipinski definition) is 0. The van der Waals surface area contributed by atoms with Crippen LogP contribution in [-0.4, -0.2) is 51.1 Å². The predicted octanol–water partition coefficient (Wildman–Crippen LogP) is 3.15. The Morgan fingerprint density at radius 3 is 2.61 bits per heavy atom. The van der Waals surface area contributed by atoms with E-state index in [0.29, 0.717) is 21.9 Å². The minimum absolute atomic E-state index is 0.0433. The van der Waals surface area contributed by atoms with Crippen molar-refractivity contribution in [1.29, 1.82) is 0 Å². The fourth-order valence-corrected chi connectivity index (χ4v) is 6.17. The number of nitrogens with zero attached hydrogens (tertiary/aromatic N) is 4. The van der Waals surface area contributed by atoms with Crippen molar-refractivity contribution < 1.29 is 22.7 Å². The van der Waals surface area contributed by atoms with Crippen LogP contribution in [0.2, 0.25) is 5.02 Å². The zero-order valence-corrected chi connectivity index (χ0v) is 20.7. The molecule has 0 amide bonds. The molecule has 174 valence electrons. The van der Waals surface area contributed by atoms with Gasteiger partial charge in [0.25, 0.3) is 15.2 Å². The Bertz CT molecular complexity index is 1370. The van der Waals surface area contributed by atoms with E-state index in [1.165, 1.54) is 24.3 Å². The number of aryl methyl sites for hydroxylation is 2. The molecule has 33 heavy (non-hydrogen) atoms. The first kappa shape index (κ1) is 23.4. The molecule has 1 saturated heterocycles. The summed E-state index contributed by atoms with van der Waals surface area (Å²) in [6.07, 6.45) is 1.54. The van der Waals surface area contributed by atoms with E-state index in [1.807, 2.05) is 6.92 Å². The lowest BCUT2D eigenvalue weighted by Gasteiger charge is -2.31. The van der Waals surface area contributed by atoms with E-state index in [0.717, 1.165) is 10.00 Å². The van der Waals surface area contributed by atoms with E-state index in [4.69, 9.17) is 33.3 Å². The summed E-state index contributed by atoms with van der Waals surface area (Å²) in [7, 11) is -4.28. The lowest BCUT2D eigenvalue weighted by atomic mass is 9.88. The minimum atomic E-state index is -4.28. The third-order valence-electron chi connectivity index (χ3n) is 5.50. The SMILES string of the molecule is CCOC(=O)C1N(S(=O)(=O)c2ccc(Cl)cc2)C(=S)OC1(C)c1cnc2cc(C)nn2c1C. The molecule has 0 bridgehead atoms. The number of thiocarbonyl (C=S) groups is 1. The fraction of sp³-hybridized carbons (Fsp3) is 0.333. The third-order valence-corrected chi connectivity index (χ3v) is 7.91. The van der Waals surface area contributed by atoms with E-state index in [9.17, 15) is 13.2 Å². The van der Waals surface area contributed by atoms with Gasteiger partial charge in [-0.25, -0.2) is 27.0 Å². The van der Waals surface area contributed by atoms with Gasteiger partial charge in [-0.3, -0.25) is 0 Å². The highest BCUT2D eigenvalue weighted by molar-refractivity contribution is 7.91. The van der Waals surface area contributed by atoms with Crippen LogP contribution in [0.4, 0.5) is 0 Å². The average Bonchev–Trinajstić information content (AvgIpc) is 3.26. The maximum absolute atomic E-state index is 13.6. The van der Waals surface area contributed by atoms with E-state index in [-0.39, 0.29) is 16.7 Å². The molecule has 1 fully saturated rings. The summed E-state index contributed by atoms with van der Waals surface area (Å²) in [6.45, 7) is 6.88. The van der Waals surface area contributed by atoms with Crippen LogP contribution in [0.5, 0.6) is 0 Å². The summed E-state index contributed by atoms with van der Waals surface area (Å²) >= 11 is 11.2. The molecule has 2 unspecified atom stereocenters. The lowest BCUT2D eigenvalue weighted by molar-refractivity contribution is -0.150. The van der Waals surface area contributed by atoms with Gasteiger partial charge in [-0.1, -0.05) is 11.6 Å². The Morgan fingerprint density at radius 2 is 1.97 bits per heavy atom. The summed E-state index contributed by atoms with van der Waals surface area (Å²) in [5, 5.41) is 4.42. The van der Waals surface area contributed by atoms with Gasteiger partial charge in [0.15, 0.2) is 17.3 Å². The second kappa shape index (κ2) is 8.23. The predicted molar refractivity (Wildman–Crippen MR) is 124 cm³/mol. The van der Waals surface area contributed by atoms with Crippen LogP contribution in [0.3, 0.4) is 0 Å². The molecule has 3 aromatic rings. The van der Waals surface area contributed by atoms with Crippen LogP contribution in [-0.2, 0) is 29.9 Å². The van der Waals surface area contributed by atoms with E-state index < -0.39 is 27.6 Å². The van der Waals surface area contributed by atoms with E-state index in [1.54, 1.807) is 37.5 Å². The molecule has 2 atom stereocenters. The van der Waals surface area contributed by atoms with Crippen LogP contribution in [0.25, 0.3) is 5.65 Å². The van der Waals surface area contributed by atoms with Crippen molar-refractivity contribution >= 4 is 50.6 Å². The van der Waals surface area contributed by atoms with E-state index in [2.05, 4.69) is 10.1 Å². The van der Waals surface area contributed by atoms with Gasteiger partial charge < -0.3 is 9.47 Å². The number of sulfonamides is 1. The number of carbonyl (C=O) groups is 1. The quantitative estimate of drug-likeness (QED) is 0.382. The Morgan fingerprint density at radius 1 is 1.30 bits per heavy atom. The Kier molecular flexibility index (Phi) is 5.83. The number of ether oxygens (including phenoxy) is 2. The lowest BCUT2D eigenvalue weighted by Crippen LogP contribution is -2.50. The first-order valence-electron chi connectivity index (χ1n) is 10.0. The Hall–Kier alpha value is -2.76. The highest BCUT2D eigenvalue weighted by Crippen LogP contribution is 2.43. The smallest absolute Gasteiger partial charge is 0.334 e. The van der Waals surface area contributed by atoms with Crippen molar-refractivity contribution in [2.45, 2.75) is 44.2 Å². The summed E-state index contributed by atoms with van der Waals surface area (Å²) < 4.78 is 40.8. The van der Waals surface area contributed by atoms with Gasteiger partial charge in [-0.05, 0) is 64.2 Å². The number of rotatable bonds is 5. The second-order valence-corrected chi connectivity index (χ2v) is 10.3. The van der Waals surface area contributed by atoms with Gasteiger partial charge in [0.05, 0.1) is 22.9 Å². The Labute approximate surface area is 201 Å². The highest BCUT2D eigenvalue weighted by atomic mass is 35.5. The number of hydrogen-bond acceptors (Lipinski definition) is 8. The molecule has 1 aliphatic rings. The van der Waals surface area contributed by atoms with Gasteiger partial charge in [0.2, 0.25) is 0 Å². The van der Waals surface area contributed by atoms with Crippen molar-refractivity contribution in [2.75, 3.05) is 6.61 Å². The highest BCUT2D eigenvalue weighted by Gasteiger charge is 2.60. The molecule has 9 nitrogen and oxygen atoms in total. The maximum Gasteiger partial charge on any atom is 0.334 e. The van der Waals surface area contributed by atoms with Crippen molar-refractivity contribution in [2.24, 2.45) is 0 Å². The largest absolute Gasteiger partial charge is 0.464 e. The monoisotopic (exact) mass is 508 g/mol. The molecule has 1 aromatic carbocycles. The Balaban J connectivity index is 1.91. The van der Waals surface area contributed by atoms with Crippen LogP contribution in [0.15, 0.2) is 41.4 Å². The number of esters is 1. The van der Waals surface area contributed by atoms with Gasteiger partial charge in [0, 0.05) is 22.8 Å². The second-order valence-electron chi connectivity index (χ2n) is 7.70. The van der Waals surface area contributed by atoms with Gasteiger partial charge in [-0.15, -0.1) is 0 Å². The molecule has 0 saturated carbocycles. The molecule has 4 rings (SSSR count). The van der Waals surface area contributed by atoms with Crippen LogP contribution in [0.1, 0.15) is 30.8 Å². The van der Waals surface area contributed by atoms with Crippen molar-refractivity contribution in [3.63, 3.8) is 0 Å². The van der Waals surface area contributed by atoms with Crippen LogP contribution in [0, 0.1) is 13.8 Å². The van der Waals surface area contributed by atoms with Crippen molar-refractivity contribution in [3.8, 4) is 0 Å². The molecule has 3 heterocycles. The number of benzene rings is 1. The number of carbonyl (C=O) groups excluding carboxylic acids is 1. The third kappa shape index (κ3) is 3.73. The molecular formula is C21H21ClN4O5S2. The summed E-state index contributed by atoms with van der Waals surface area (Å²) in [6, 6.07) is 5.93. The normalized spacial score (nSPS) is 20.8. The van der Waals surface area contributed by atoms with Crippen molar-refractivity contribution in [3.05, 3.63) is 58.5 Å². The summed E-state index contributed by atoms with van der Waals surface area (Å²) in [5.41, 5.74) is 0.917. The van der Waals surface area contributed by atoms with E-state index >= 15 is 0 Å². The maximum atomic E-state index is 13.6. The average molecular weight is 509 g/mol. The molecule has 0 spiro atoms. The number of aromatic nitrogens is 3. The summed E-state index contributed by atoms with van der Waals surface area (Å²) in [5.74, 6) is -0.798. The van der Waals surface area contributed by atoms with Crippen molar-refractivity contribution in [1.82, 2.24) is 18.9 Å². The fourth-order valence-electron chi connectivity index (χ4n) is 3.96. The molecular weight excluding hydrogens is 488 g/mol. The zero-order valence-electron chi connectivity index (χ0n) is 18.3. The number of fused-ring (bicyclic) bond motifs is 1. The van der Waals surface area contributed by atoms with Gasteiger partial charge in [0.1, 0.15) is 0 Å². The first-order valence-corrected chi connectivity index (χ1v) is 12.3. The minimum Gasteiger partial charge on any atom is -0.464 e. The standard InChI is InChI=1S/C21H21ClN4O5S2/c1-5-30-19(27)18-21(4,16-11-23-17-10-12(2)24-25(17)13(16)3)31-20(32)26(18)33(28,29)15-8-6-14(22)7-9-15/h6-11,18H,5H2,1-4H3. The van der Waals surface area contributed by atoms with Crippen LogP contribution < -0.4 is 0 Å². The molecule has 0 radical (unpaired) electrons. The summed E-state index contributed by atoms with van der Waals surface area (Å²) in [4.78, 5) is 17.5. The molecule has 1 aliphatic heterocycles. The topological polar surface area (TPSA) is 103 Å². The zero-order chi connectivity index (χ0) is 24.1. The van der Waals surface area contributed by atoms with Gasteiger partial charge >= 0.3 is 5.97 Å². The first-order chi connectivity index (χ1) is 15.5. The van der Waals surface area contributed by atoms with Crippen LogP contribution >= 0.6 is 23.8 Å². The molecule has 12 heteroatoms. The molecule has 2 aromatic heterocycles. The molecule has 0 N–H and O–H groups in total. The number of halogens is 1. The molecule has 0 aliphatic carbocycles. The van der Waals surface area contributed by atoms with Gasteiger partial charge in [-0.2, -0.15) is 5.10 Å².